The van der Waals surface area contributed by atoms with Crippen molar-refractivity contribution < 1.29 is 4.39 Å². The van der Waals surface area contributed by atoms with Gasteiger partial charge in [-0.05, 0) is 29.7 Å². The Labute approximate surface area is 133 Å². The van der Waals surface area contributed by atoms with Crippen LogP contribution in [0.1, 0.15) is 23.2 Å². The van der Waals surface area contributed by atoms with Gasteiger partial charge in [0.2, 0.25) is 5.95 Å². The largest absolute Gasteiger partial charge is 0.368 e. The third-order valence-electron chi connectivity index (χ3n) is 3.56. The molecular formula is C17H16FN5. The van der Waals surface area contributed by atoms with E-state index in [1.165, 1.54) is 18.3 Å². The van der Waals surface area contributed by atoms with E-state index in [9.17, 15) is 4.39 Å². The number of nitrogens with zero attached hydrogens (tertiary/aromatic N) is 2. The molecule has 1 aliphatic rings. The number of benzene rings is 1. The molecule has 1 heterocycles. The number of nitrogens with two attached hydrogens (primary N) is 1. The van der Waals surface area contributed by atoms with Crippen LogP contribution in [0, 0.1) is 11.2 Å². The number of anilines is 2. The molecule has 0 fully saturated rings. The van der Waals surface area contributed by atoms with E-state index in [-0.39, 0.29) is 11.8 Å². The van der Waals surface area contributed by atoms with Crippen LogP contribution in [0.25, 0.3) is 5.57 Å². The van der Waals surface area contributed by atoms with E-state index in [1.807, 2.05) is 18.2 Å². The first kappa shape index (κ1) is 14.9. The molecule has 0 amide bonds. The Morgan fingerprint density at radius 1 is 1.26 bits per heavy atom. The molecule has 1 aliphatic carbocycles. The molecule has 0 unspecified atom stereocenters. The van der Waals surface area contributed by atoms with E-state index in [2.05, 4.69) is 15.3 Å². The third-order valence-corrected chi connectivity index (χ3v) is 3.56. The summed E-state index contributed by atoms with van der Waals surface area (Å²) in [6, 6.07) is 6.20. The molecule has 0 bridgehead atoms. The lowest BCUT2D eigenvalue weighted by molar-refractivity contribution is 0.627. The van der Waals surface area contributed by atoms with E-state index < -0.39 is 0 Å². The predicted molar refractivity (Wildman–Crippen MR) is 89.8 cm³/mol. The van der Waals surface area contributed by atoms with Crippen molar-refractivity contribution >= 4 is 23.6 Å². The average molecular weight is 309 g/mol. The lowest BCUT2D eigenvalue weighted by Crippen LogP contribution is -2.11. The quantitative estimate of drug-likeness (QED) is 0.740. The Bertz CT molecular complexity index is 793. The van der Waals surface area contributed by atoms with Crippen LogP contribution in [-0.2, 0) is 6.54 Å². The van der Waals surface area contributed by atoms with Gasteiger partial charge < -0.3 is 16.5 Å². The molecule has 3 rings (SSSR count). The molecule has 0 aliphatic heterocycles. The Kier molecular flexibility index (Phi) is 4.14. The van der Waals surface area contributed by atoms with Crippen molar-refractivity contribution in [1.29, 1.82) is 5.41 Å². The van der Waals surface area contributed by atoms with Crippen LogP contribution >= 0.6 is 0 Å². The second-order valence-electron chi connectivity index (χ2n) is 5.14. The molecule has 1 aromatic heterocycles. The maximum atomic E-state index is 12.9. The highest BCUT2D eigenvalue weighted by Crippen LogP contribution is 2.28. The van der Waals surface area contributed by atoms with Crippen molar-refractivity contribution in [2.45, 2.75) is 13.0 Å². The van der Waals surface area contributed by atoms with Crippen molar-refractivity contribution in [2.24, 2.45) is 0 Å². The monoisotopic (exact) mass is 309 g/mol. The fourth-order valence-corrected chi connectivity index (χ4v) is 2.41. The molecule has 0 radical (unpaired) electrons. The minimum Gasteiger partial charge on any atom is -0.368 e. The lowest BCUT2D eigenvalue weighted by Gasteiger charge is -2.13. The second-order valence-corrected chi connectivity index (χ2v) is 5.14. The average Bonchev–Trinajstić information content (AvgIpc) is 3.08. The molecule has 116 valence electrons. The minimum atomic E-state index is -0.275. The van der Waals surface area contributed by atoms with E-state index >= 15 is 0 Å². The van der Waals surface area contributed by atoms with Gasteiger partial charge in [-0.1, -0.05) is 30.4 Å². The standard InChI is InChI=1S/C17H16FN5/c18-13-7-5-11(6-8-13)10-21-16-14(9-19)15(22-17(20)23-16)12-3-1-2-4-12/h1-3,5-9,19H,4,10H2,(H3,20,21,22,23). The Morgan fingerprint density at radius 2 is 2.04 bits per heavy atom. The van der Waals surface area contributed by atoms with Crippen LogP contribution in [-0.4, -0.2) is 16.2 Å². The van der Waals surface area contributed by atoms with Crippen LogP contribution in [0.4, 0.5) is 16.2 Å². The Morgan fingerprint density at radius 3 is 2.70 bits per heavy atom. The Hall–Kier alpha value is -3.02. The van der Waals surface area contributed by atoms with E-state index in [1.54, 1.807) is 12.1 Å². The summed E-state index contributed by atoms with van der Waals surface area (Å²) >= 11 is 0. The van der Waals surface area contributed by atoms with Gasteiger partial charge in [-0.25, -0.2) is 9.37 Å². The maximum absolute atomic E-state index is 12.9. The molecule has 0 atom stereocenters. The summed E-state index contributed by atoms with van der Waals surface area (Å²) in [5, 5.41) is 10.8. The van der Waals surface area contributed by atoms with Gasteiger partial charge in [-0.2, -0.15) is 4.98 Å². The molecule has 0 spiro atoms. The van der Waals surface area contributed by atoms with Gasteiger partial charge >= 0.3 is 0 Å². The van der Waals surface area contributed by atoms with Crippen LogP contribution < -0.4 is 11.1 Å². The number of nitrogen functional groups attached to an aromatic ring is 1. The maximum Gasteiger partial charge on any atom is 0.222 e. The number of nitrogens with one attached hydrogen (secondary N) is 2. The van der Waals surface area contributed by atoms with E-state index in [0.29, 0.717) is 23.6 Å². The van der Waals surface area contributed by atoms with Gasteiger partial charge in [0.25, 0.3) is 0 Å². The highest BCUT2D eigenvalue weighted by molar-refractivity contribution is 5.92. The van der Waals surface area contributed by atoms with Gasteiger partial charge in [0, 0.05) is 12.8 Å². The molecule has 6 heteroatoms. The van der Waals surface area contributed by atoms with Crippen molar-refractivity contribution in [3.05, 3.63) is 65.1 Å². The summed E-state index contributed by atoms with van der Waals surface area (Å²) in [6.07, 6.45) is 7.91. The number of aromatic nitrogens is 2. The van der Waals surface area contributed by atoms with Gasteiger partial charge in [0.15, 0.2) is 0 Å². The molecule has 1 aromatic carbocycles. The van der Waals surface area contributed by atoms with E-state index in [0.717, 1.165) is 17.6 Å². The first-order chi connectivity index (χ1) is 11.2. The zero-order valence-corrected chi connectivity index (χ0v) is 12.4. The van der Waals surface area contributed by atoms with Gasteiger partial charge in [0.1, 0.15) is 11.6 Å². The van der Waals surface area contributed by atoms with Crippen molar-refractivity contribution in [3.8, 4) is 0 Å². The molecule has 4 N–H and O–H groups in total. The summed E-state index contributed by atoms with van der Waals surface area (Å²) < 4.78 is 12.9. The number of halogens is 1. The lowest BCUT2D eigenvalue weighted by atomic mass is 10.1. The predicted octanol–water partition coefficient (Wildman–Crippen LogP) is 3.15. The van der Waals surface area contributed by atoms with Crippen LogP contribution in [0.2, 0.25) is 0 Å². The first-order valence-corrected chi connectivity index (χ1v) is 7.20. The fraction of sp³-hybridized carbons (Fsp3) is 0.118. The topological polar surface area (TPSA) is 87.7 Å². The third kappa shape index (κ3) is 3.26. The number of hydrogen-bond donors (Lipinski definition) is 3. The summed E-state index contributed by atoms with van der Waals surface area (Å²) in [5.74, 6) is 0.378. The summed E-state index contributed by atoms with van der Waals surface area (Å²) in [7, 11) is 0. The molecule has 0 saturated heterocycles. The second kappa shape index (κ2) is 6.39. The fourth-order valence-electron chi connectivity index (χ4n) is 2.41. The highest BCUT2D eigenvalue weighted by Gasteiger charge is 2.15. The SMILES string of the molecule is N=Cc1c(NCc2ccc(F)cc2)nc(N)nc1C1=CC=CC1. The molecular weight excluding hydrogens is 293 g/mol. The normalized spacial score (nSPS) is 13.0. The van der Waals surface area contributed by atoms with E-state index in [4.69, 9.17) is 11.1 Å². The van der Waals surface area contributed by atoms with Gasteiger partial charge in [-0.15, -0.1) is 0 Å². The molecule has 0 saturated carbocycles. The Balaban J connectivity index is 1.89. The highest BCUT2D eigenvalue weighted by atomic mass is 19.1. The minimum absolute atomic E-state index is 0.153. The smallest absolute Gasteiger partial charge is 0.222 e. The van der Waals surface area contributed by atoms with Gasteiger partial charge in [-0.3, -0.25) is 0 Å². The summed E-state index contributed by atoms with van der Waals surface area (Å²) in [5.41, 5.74) is 8.97. The van der Waals surface area contributed by atoms with Crippen LogP contribution in [0.3, 0.4) is 0 Å². The number of hydrogen-bond acceptors (Lipinski definition) is 5. The summed E-state index contributed by atoms with van der Waals surface area (Å²) in [4.78, 5) is 8.46. The molecule has 5 nitrogen and oxygen atoms in total. The van der Waals surface area contributed by atoms with Crippen LogP contribution in [0.15, 0.2) is 42.5 Å². The zero-order valence-electron chi connectivity index (χ0n) is 12.4. The number of allylic oxidation sites excluding steroid dienone is 4. The summed E-state index contributed by atoms with van der Waals surface area (Å²) in [6.45, 7) is 0.453. The van der Waals surface area contributed by atoms with Gasteiger partial charge in [0.05, 0.1) is 11.3 Å². The van der Waals surface area contributed by atoms with Crippen molar-refractivity contribution in [3.63, 3.8) is 0 Å². The van der Waals surface area contributed by atoms with Crippen LogP contribution in [0.5, 0.6) is 0 Å². The van der Waals surface area contributed by atoms with Crippen molar-refractivity contribution in [1.82, 2.24) is 9.97 Å². The zero-order chi connectivity index (χ0) is 16.2. The van der Waals surface area contributed by atoms with Crippen molar-refractivity contribution in [2.75, 3.05) is 11.1 Å². The molecule has 23 heavy (non-hydrogen) atoms. The first-order valence-electron chi connectivity index (χ1n) is 7.20. The number of rotatable bonds is 5. The molecule has 2 aromatic rings.